The van der Waals surface area contributed by atoms with Crippen molar-refractivity contribution in [1.82, 2.24) is 15.1 Å². The molecule has 0 aromatic carbocycles. The number of carboxylic acid groups (broad SMARTS) is 1. The summed E-state index contributed by atoms with van der Waals surface area (Å²) in [5.74, 6) is -0.845. The van der Waals surface area contributed by atoms with Gasteiger partial charge in [-0.05, 0) is 32.6 Å². The predicted octanol–water partition coefficient (Wildman–Crippen LogP) is 1.17. The third-order valence-electron chi connectivity index (χ3n) is 3.62. The van der Waals surface area contributed by atoms with E-state index in [2.05, 4.69) is 22.2 Å². The molecule has 1 fully saturated rings. The lowest BCUT2D eigenvalue weighted by Crippen LogP contribution is -2.45. The first kappa shape index (κ1) is 15.4. The lowest BCUT2D eigenvalue weighted by atomic mass is 10.3. The summed E-state index contributed by atoms with van der Waals surface area (Å²) in [5, 5.41) is 13.9. The van der Waals surface area contributed by atoms with E-state index in [0.29, 0.717) is 5.56 Å². The van der Waals surface area contributed by atoms with E-state index in [4.69, 9.17) is 5.11 Å². The number of likely N-dealkylation sites (N-methyl/N-ethyl adjacent to an activating group) is 1. The molecule has 0 aliphatic carbocycles. The summed E-state index contributed by atoms with van der Waals surface area (Å²) in [5.41, 5.74) is 0.393. The zero-order chi connectivity index (χ0) is 14.4. The fourth-order valence-corrected chi connectivity index (χ4v) is 3.12. The van der Waals surface area contributed by atoms with Crippen molar-refractivity contribution in [3.05, 3.63) is 21.9 Å². The second-order valence-corrected chi connectivity index (χ2v) is 6.28. The first-order valence-corrected chi connectivity index (χ1v) is 7.95. The van der Waals surface area contributed by atoms with E-state index in [0.717, 1.165) is 30.9 Å². The SMILES string of the molecule is CN1CCN(CCCNCc2cc(C(=O)O)cs2)CC1. The molecule has 1 saturated heterocycles. The second-order valence-electron chi connectivity index (χ2n) is 5.28. The molecule has 2 N–H and O–H groups in total. The van der Waals surface area contributed by atoms with Crippen molar-refractivity contribution >= 4 is 17.3 Å². The second kappa shape index (κ2) is 7.73. The summed E-state index contributed by atoms with van der Waals surface area (Å²) in [6.07, 6.45) is 1.14. The van der Waals surface area contributed by atoms with Crippen molar-refractivity contribution in [1.29, 1.82) is 0 Å². The van der Waals surface area contributed by atoms with Crippen LogP contribution in [-0.4, -0.2) is 67.2 Å². The molecule has 112 valence electrons. The first-order chi connectivity index (χ1) is 9.65. The third kappa shape index (κ3) is 4.86. The van der Waals surface area contributed by atoms with Crippen LogP contribution in [0.25, 0.3) is 0 Å². The Labute approximate surface area is 124 Å². The minimum atomic E-state index is -0.845. The number of carbonyl (C=O) groups is 1. The summed E-state index contributed by atoms with van der Waals surface area (Å²) in [7, 11) is 2.17. The van der Waals surface area contributed by atoms with Gasteiger partial charge in [0.05, 0.1) is 5.56 Å². The molecule has 5 nitrogen and oxygen atoms in total. The minimum absolute atomic E-state index is 0.393. The van der Waals surface area contributed by atoms with Gasteiger partial charge in [-0.3, -0.25) is 0 Å². The largest absolute Gasteiger partial charge is 0.478 e. The number of piperazine rings is 1. The van der Waals surface area contributed by atoms with Gasteiger partial charge in [-0.15, -0.1) is 11.3 Å². The van der Waals surface area contributed by atoms with Gasteiger partial charge in [-0.2, -0.15) is 0 Å². The summed E-state index contributed by atoms with van der Waals surface area (Å²) >= 11 is 1.50. The lowest BCUT2D eigenvalue weighted by Gasteiger charge is -2.32. The molecule has 0 bridgehead atoms. The van der Waals surface area contributed by atoms with Crippen molar-refractivity contribution in [3.63, 3.8) is 0 Å². The molecule has 0 radical (unpaired) electrons. The average Bonchev–Trinajstić information content (AvgIpc) is 2.89. The Balaban J connectivity index is 1.56. The number of hydrogen-bond donors (Lipinski definition) is 2. The normalized spacial score (nSPS) is 17.4. The van der Waals surface area contributed by atoms with Gasteiger partial charge < -0.3 is 20.2 Å². The van der Waals surface area contributed by atoms with Crippen LogP contribution in [0.5, 0.6) is 0 Å². The molecule has 6 heteroatoms. The molecule has 0 amide bonds. The highest BCUT2D eigenvalue weighted by molar-refractivity contribution is 7.10. The maximum atomic E-state index is 10.8. The minimum Gasteiger partial charge on any atom is -0.478 e. The zero-order valence-corrected chi connectivity index (χ0v) is 12.8. The van der Waals surface area contributed by atoms with E-state index in [9.17, 15) is 4.79 Å². The summed E-state index contributed by atoms with van der Waals surface area (Å²) in [4.78, 5) is 16.7. The topological polar surface area (TPSA) is 55.8 Å². The number of nitrogens with one attached hydrogen (secondary N) is 1. The van der Waals surface area contributed by atoms with E-state index in [-0.39, 0.29) is 0 Å². The van der Waals surface area contributed by atoms with E-state index in [1.165, 1.54) is 37.5 Å². The van der Waals surface area contributed by atoms with Crippen LogP contribution in [0.3, 0.4) is 0 Å². The molecule has 2 rings (SSSR count). The Morgan fingerprint density at radius 1 is 1.40 bits per heavy atom. The van der Waals surface area contributed by atoms with Gasteiger partial charge >= 0.3 is 5.97 Å². The molecular weight excluding hydrogens is 274 g/mol. The van der Waals surface area contributed by atoms with Crippen molar-refractivity contribution < 1.29 is 9.90 Å². The quantitative estimate of drug-likeness (QED) is 0.740. The molecule has 1 aliphatic rings. The van der Waals surface area contributed by atoms with E-state index >= 15 is 0 Å². The standard InChI is InChI=1S/C14H23N3O2S/c1-16-5-7-17(8-6-16)4-2-3-15-10-13-9-12(11-20-13)14(18)19/h9,11,15H,2-8,10H2,1H3,(H,18,19). The highest BCUT2D eigenvalue weighted by atomic mass is 32.1. The average molecular weight is 297 g/mol. The molecule has 1 aliphatic heterocycles. The molecule has 1 aromatic heterocycles. The number of hydrogen-bond acceptors (Lipinski definition) is 5. The predicted molar refractivity (Wildman–Crippen MR) is 81.5 cm³/mol. The smallest absolute Gasteiger partial charge is 0.336 e. The monoisotopic (exact) mass is 297 g/mol. The summed E-state index contributed by atoms with van der Waals surface area (Å²) in [6, 6.07) is 1.75. The van der Waals surface area contributed by atoms with Crippen LogP contribution in [0.4, 0.5) is 0 Å². The Morgan fingerprint density at radius 3 is 2.80 bits per heavy atom. The van der Waals surface area contributed by atoms with Gasteiger partial charge in [-0.25, -0.2) is 4.79 Å². The first-order valence-electron chi connectivity index (χ1n) is 7.07. The van der Waals surface area contributed by atoms with Gasteiger partial charge in [0.2, 0.25) is 0 Å². The van der Waals surface area contributed by atoms with Crippen molar-refractivity contribution in [2.75, 3.05) is 46.3 Å². The van der Waals surface area contributed by atoms with Crippen molar-refractivity contribution in [2.24, 2.45) is 0 Å². The lowest BCUT2D eigenvalue weighted by molar-refractivity contribution is 0.0697. The molecule has 2 heterocycles. The van der Waals surface area contributed by atoms with Crippen LogP contribution in [0.15, 0.2) is 11.4 Å². The van der Waals surface area contributed by atoms with Gasteiger partial charge in [0.25, 0.3) is 0 Å². The molecule has 20 heavy (non-hydrogen) atoms. The Bertz CT molecular complexity index is 428. The number of rotatable bonds is 7. The fourth-order valence-electron chi connectivity index (χ4n) is 2.30. The van der Waals surface area contributed by atoms with Gasteiger partial charge in [0.15, 0.2) is 0 Å². The number of nitrogens with zero attached hydrogens (tertiary/aromatic N) is 2. The summed E-state index contributed by atoms with van der Waals surface area (Å²) < 4.78 is 0. The molecule has 1 aromatic rings. The number of aromatic carboxylic acids is 1. The Morgan fingerprint density at radius 2 is 2.15 bits per heavy atom. The molecular formula is C14H23N3O2S. The van der Waals surface area contributed by atoms with Crippen LogP contribution in [-0.2, 0) is 6.54 Å². The van der Waals surface area contributed by atoms with Gasteiger partial charge in [0.1, 0.15) is 0 Å². The van der Waals surface area contributed by atoms with Crippen LogP contribution < -0.4 is 5.32 Å². The van der Waals surface area contributed by atoms with E-state index in [1.54, 1.807) is 11.4 Å². The molecule has 0 unspecified atom stereocenters. The fraction of sp³-hybridized carbons (Fsp3) is 0.643. The van der Waals surface area contributed by atoms with E-state index < -0.39 is 5.97 Å². The molecule has 0 saturated carbocycles. The zero-order valence-electron chi connectivity index (χ0n) is 12.0. The summed E-state index contributed by atoms with van der Waals surface area (Å²) in [6.45, 7) is 7.56. The number of carboxylic acids is 1. The maximum absolute atomic E-state index is 10.8. The van der Waals surface area contributed by atoms with Gasteiger partial charge in [0, 0.05) is 43.0 Å². The van der Waals surface area contributed by atoms with Crippen molar-refractivity contribution in [2.45, 2.75) is 13.0 Å². The highest BCUT2D eigenvalue weighted by Crippen LogP contribution is 2.14. The Kier molecular flexibility index (Phi) is 5.97. The van der Waals surface area contributed by atoms with Crippen LogP contribution in [0.2, 0.25) is 0 Å². The number of thiophene rings is 1. The third-order valence-corrected chi connectivity index (χ3v) is 4.56. The molecule has 0 atom stereocenters. The van der Waals surface area contributed by atoms with Gasteiger partial charge in [-0.1, -0.05) is 0 Å². The molecule has 0 spiro atoms. The van der Waals surface area contributed by atoms with E-state index in [1.807, 2.05) is 0 Å². The van der Waals surface area contributed by atoms with Crippen LogP contribution in [0, 0.1) is 0 Å². The van der Waals surface area contributed by atoms with Crippen molar-refractivity contribution in [3.8, 4) is 0 Å². The maximum Gasteiger partial charge on any atom is 0.336 e. The Hall–Kier alpha value is -0.950. The van der Waals surface area contributed by atoms with Crippen LogP contribution in [0.1, 0.15) is 21.7 Å². The highest BCUT2D eigenvalue weighted by Gasteiger charge is 2.12. The van der Waals surface area contributed by atoms with Crippen LogP contribution >= 0.6 is 11.3 Å².